The van der Waals surface area contributed by atoms with Crippen molar-refractivity contribution in [3.8, 4) is 0 Å². The van der Waals surface area contributed by atoms with Crippen molar-refractivity contribution >= 4 is 17.6 Å². The van der Waals surface area contributed by atoms with Crippen molar-refractivity contribution in [2.45, 2.75) is 6.92 Å². The van der Waals surface area contributed by atoms with Crippen molar-refractivity contribution in [3.63, 3.8) is 0 Å². The zero-order valence-electron chi connectivity index (χ0n) is 10.8. The molecule has 0 radical (unpaired) electrons. The van der Waals surface area contributed by atoms with E-state index in [9.17, 15) is 4.79 Å². The number of carbonyl (C=O) groups excluding carboxylic acids is 1. The number of allylic oxidation sites excluding steroid dienone is 1. The number of nitrogens with zero attached hydrogens (tertiary/aromatic N) is 1. The van der Waals surface area contributed by atoms with Crippen LogP contribution in [0.3, 0.4) is 0 Å². The summed E-state index contributed by atoms with van der Waals surface area (Å²) >= 11 is 0. The van der Waals surface area contributed by atoms with E-state index in [-0.39, 0.29) is 6.03 Å². The van der Waals surface area contributed by atoms with Crippen LogP contribution in [0.2, 0.25) is 0 Å². The zero-order chi connectivity index (χ0) is 13.4. The summed E-state index contributed by atoms with van der Waals surface area (Å²) in [6.45, 7) is 1.93. The van der Waals surface area contributed by atoms with E-state index in [0.717, 1.165) is 17.1 Å². The Labute approximate surface area is 107 Å². The molecule has 5 nitrogen and oxygen atoms in total. The molecule has 0 spiro atoms. The summed E-state index contributed by atoms with van der Waals surface area (Å²) in [6.07, 6.45) is 3.71. The van der Waals surface area contributed by atoms with Gasteiger partial charge in [-0.05, 0) is 37.4 Å². The predicted molar refractivity (Wildman–Crippen MR) is 74.9 cm³/mol. The molecule has 0 aliphatic carbocycles. The Morgan fingerprint density at radius 2 is 1.94 bits per heavy atom. The number of aliphatic imine (C=N–C) groups is 1. The summed E-state index contributed by atoms with van der Waals surface area (Å²) in [6, 6.07) is 7.20. The van der Waals surface area contributed by atoms with E-state index in [1.54, 1.807) is 14.1 Å². The number of rotatable bonds is 3. The second-order valence-corrected chi connectivity index (χ2v) is 3.50. The van der Waals surface area contributed by atoms with Crippen LogP contribution >= 0.6 is 0 Å². The molecule has 0 atom stereocenters. The number of benzene rings is 1. The third kappa shape index (κ3) is 3.93. The summed E-state index contributed by atoms with van der Waals surface area (Å²) < 4.78 is 0. The fraction of sp³-hybridized carbons (Fsp3) is 0.231. The summed E-state index contributed by atoms with van der Waals surface area (Å²) in [5.41, 5.74) is 1.69. The zero-order valence-corrected chi connectivity index (χ0v) is 10.8. The van der Waals surface area contributed by atoms with Crippen molar-refractivity contribution in [2.24, 2.45) is 4.99 Å². The van der Waals surface area contributed by atoms with Gasteiger partial charge in [0.25, 0.3) is 0 Å². The first-order valence-electron chi connectivity index (χ1n) is 5.65. The third-order valence-corrected chi connectivity index (χ3v) is 2.25. The molecule has 0 saturated heterocycles. The molecule has 1 aromatic rings. The van der Waals surface area contributed by atoms with Crippen molar-refractivity contribution in [1.82, 2.24) is 10.6 Å². The Balaban J connectivity index is 2.78. The van der Waals surface area contributed by atoms with Gasteiger partial charge in [-0.25, -0.2) is 4.79 Å². The quantitative estimate of drug-likeness (QED) is 0.563. The standard InChI is InChI=1S/C13H18N4O/c1-4-9-16-12(14-2)10-5-7-11(8-6-10)17-13(18)15-3/h4-9H,1-3H3,(H,14,16)(H2,15,17,18)/b9-4-. The first-order chi connectivity index (χ1) is 8.71. The maximum atomic E-state index is 11.1. The second kappa shape index (κ2) is 7.11. The molecule has 0 aliphatic heterocycles. The summed E-state index contributed by atoms with van der Waals surface area (Å²) in [5.74, 6) is 0.777. The SMILES string of the molecule is C/C=C\NC(=NC)c1ccc(NC(=O)NC)cc1. The highest BCUT2D eigenvalue weighted by atomic mass is 16.2. The van der Waals surface area contributed by atoms with Gasteiger partial charge in [-0.2, -0.15) is 0 Å². The largest absolute Gasteiger partial charge is 0.347 e. The minimum Gasteiger partial charge on any atom is -0.347 e. The molecule has 1 aromatic carbocycles. The molecule has 0 saturated carbocycles. The normalized spacial score (nSPS) is 11.4. The van der Waals surface area contributed by atoms with Gasteiger partial charge in [-0.3, -0.25) is 4.99 Å². The Kier molecular flexibility index (Phi) is 5.44. The van der Waals surface area contributed by atoms with Gasteiger partial charge in [0, 0.05) is 25.3 Å². The van der Waals surface area contributed by atoms with E-state index in [0.29, 0.717) is 0 Å². The maximum Gasteiger partial charge on any atom is 0.318 e. The van der Waals surface area contributed by atoms with Crippen LogP contribution in [0.5, 0.6) is 0 Å². The van der Waals surface area contributed by atoms with Gasteiger partial charge >= 0.3 is 6.03 Å². The van der Waals surface area contributed by atoms with Gasteiger partial charge in [-0.1, -0.05) is 6.08 Å². The highest BCUT2D eigenvalue weighted by Gasteiger charge is 2.02. The van der Waals surface area contributed by atoms with Gasteiger partial charge in [-0.15, -0.1) is 0 Å². The fourth-order valence-electron chi connectivity index (χ4n) is 1.34. The minimum absolute atomic E-state index is 0.237. The first-order valence-corrected chi connectivity index (χ1v) is 5.65. The van der Waals surface area contributed by atoms with E-state index >= 15 is 0 Å². The summed E-state index contributed by atoms with van der Waals surface area (Å²) in [7, 11) is 3.30. The fourth-order valence-corrected chi connectivity index (χ4v) is 1.34. The van der Waals surface area contributed by atoms with Gasteiger partial charge in [0.15, 0.2) is 0 Å². The molecular formula is C13H18N4O. The van der Waals surface area contributed by atoms with Crippen LogP contribution in [0.15, 0.2) is 41.5 Å². The minimum atomic E-state index is -0.237. The lowest BCUT2D eigenvalue weighted by molar-refractivity contribution is 0.254. The van der Waals surface area contributed by atoms with Crippen molar-refractivity contribution < 1.29 is 4.79 Å². The molecular weight excluding hydrogens is 228 g/mol. The number of carbonyl (C=O) groups is 1. The summed E-state index contributed by atoms with van der Waals surface area (Å²) in [4.78, 5) is 15.3. The van der Waals surface area contributed by atoms with Gasteiger partial charge in [0.1, 0.15) is 5.84 Å². The monoisotopic (exact) mass is 246 g/mol. The number of amidine groups is 1. The molecule has 18 heavy (non-hydrogen) atoms. The molecule has 1 rings (SSSR count). The number of nitrogens with one attached hydrogen (secondary N) is 3. The van der Waals surface area contributed by atoms with Crippen molar-refractivity contribution in [2.75, 3.05) is 19.4 Å². The Morgan fingerprint density at radius 3 is 2.44 bits per heavy atom. The number of hydrogen-bond donors (Lipinski definition) is 3. The van der Waals surface area contributed by atoms with Crippen LogP contribution in [0.25, 0.3) is 0 Å². The van der Waals surface area contributed by atoms with Crippen LogP contribution in [0, 0.1) is 0 Å². The van der Waals surface area contributed by atoms with Crippen LogP contribution in [0.1, 0.15) is 12.5 Å². The molecule has 5 heteroatoms. The summed E-state index contributed by atoms with van der Waals surface area (Å²) in [5, 5.41) is 8.27. The van der Waals surface area contributed by atoms with Crippen molar-refractivity contribution in [3.05, 3.63) is 42.1 Å². The van der Waals surface area contributed by atoms with Crippen LogP contribution < -0.4 is 16.0 Å². The van der Waals surface area contributed by atoms with Gasteiger partial charge < -0.3 is 16.0 Å². The first kappa shape index (κ1) is 13.8. The molecule has 2 amide bonds. The van der Waals surface area contributed by atoms with E-state index in [1.165, 1.54) is 0 Å². The highest BCUT2D eigenvalue weighted by Crippen LogP contribution is 2.09. The van der Waals surface area contributed by atoms with Crippen LogP contribution in [0.4, 0.5) is 10.5 Å². The Morgan fingerprint density at radius 1 is 1.28 bits per heavy atom. The van der Waals surface area contributed by atoms with E-state index < -0.39 is 0 Å². The molecule has 0 bridgehead atoms. The van der Waals surface area contributed by atoms with E-state index in [2.05, 4.69) is 20.9 Å². The molecule has 0 fully saturated rings. The lowest BCUT2D eigenvalue weighted by Gasteiger charge is -2.08. The predicted octanol–water partition coefficient (Wildman–Crippen LogP) is 1.94. The number of amides is 2. The lowest BCUT2D eigenvalue weighted by atomic mass is 10.2. The Hall–Kier alpha value is -2.30. The number of anilines is 1. The van der Waals surface area contributed by atoms with Crippen LogP contribution in [-0.2, 0) is 0 Å². The van der Waals surface area contributed by atoms with Crippen molar-refractivity contribution in [1.29, 1.82) is 0 Å². The molecule has 0 aliphatic rings. The smallest absolute Gasteiger partial charge is 0.318 e. The second-order valence-electron chi connectivity index (χ2n) is 3.50. The average Bonchev–Trinajstić information content (AvgIpc) is 2.41. The molecule has 96 valence electrons. The molecule has 0 aromatic heterocycles. The lowest BCUT2D eigenvalue weighted by Crippen LogP contribution is -2.24. The Bertz CT molecular complexity index is 449. The third-order valence-electron chi connectivity index (χ3n) is 2.25. The number of hydrogen-bond acceptors (Lipinski definition) is 2. The molecule has 0 unspecified atom stereocenters. The average molecular weight is 246 g/mol. The maximum absolute atomic E-state index is 11.1. The van der Waals surface area contributed by atoms with Crippen LogP contribution in [-0.4, -0.2) is 26.0 Å². The topological polar surface area (TPSA) is 65.5 Å². The van der Waals surface area contributed by atoms with E-state index in [1.807, 2.05) is 43.5 Å². The van der Waals surface area contributed by atoms with Gasteiger partial charge in [0.2, 0.25) is 0 Å². The molecule has 0 heterocycles. The van der Waals surface area contributed by atoms with Gasteiger partial charge in [0.05, 0.1) is 0 Å². The molecule has 3 N–H and O–H groups in total. The van der Waals surface area contributed by atoms with E-state index in [4.69, 9.17) is 0 Å². The highest BCUT2D eigenvalue weighted by molar-refractivity contribution is 6.00. The number of urea groups is 1.